The number of hydrogen-bond donors (Lipinski definition) is 5. The van der Waals surface area contributed by atoms with E-state index >= 15 is 0 Å². The van der Waals surface area contributed by atoms with Gasteiger partial charge in [-0.3, -0.25) is 14.4 Å². The van der Waals surface area contributed by atoms with E-state index in [9.17, 15) is 24.3 Å². The molecular formula is C48H50Cl4N8O5S2. The Bertz CT molecular complexity index is 2680. The molecule has 0 aromatic heterocycles. The molecule has 13 nitrogen and oxygen atoms in total. The number of carbonyl (C=O) groups is 4. The van der Waals surface area contributed by atoms with E-state index in [1.54, 1.807) is 0 Å². The van der Waals surface area contributed by atoms with Gasteiger partial charge in [0.25, 0.3) is 5.91 Å². The normalized spacial score (nSPS) is 21.6. The molecule has 352 valence electrons. The molecule has 0 radical (unpaired) electrons. The monoisotopic (exact) mass is 1020 g/mol. The van der Waals surface area contributed by atoms with Gasteiger partial charge in [-0.1, -0.05) is 123 Å². The van der Waals surface area contributed by atoms with E-state index in [0.717, 1.165) is 38.8 Å². The van der Waals surface area contributed by atoms with Crippen LogP contribution >= 0.6 is 69.9 Å². The smallest absolute Gasteiger partial charge is 0.344 e. The number of amidine groups is 2. The first kappa shape index (κ1) is 51.4. The maximum atomic E-state index is 12.9. The van der Waals surface area contributed by atoms with Crippen LogP contribution in [0.25, 0.3) is 0 Å². The highest BCUT2D eigenvalue weighted by Crippen LogP contribution is 2.57. The number of nitrogens with one attached hydrogen (secondary N) is 1. The maximum Gasteiger partial charge on any atom is 0.344 e. The van der Waals surface area contributed by atoms with Crippen LogP contribution in [0.2, 0.25) is 20.1 Å². The summed E-state index contributed by atoms with van der Waals surface area (Å²) < 4.78 is 0. The molecule has 0 saturated carbocycles. The number of aliphatic imine (C=N–C) groups is 2. The van der Waals surface area contributed by atoms with Gasteiger partial charge in [-0.05, 0) is 120 Å². The molecule has 0 bridgehead atoms. The minimum absolute atomic E-state index is 0.0295. The molecule has 8 rings (SSSR count). The fourth-order valence-electron chi connectivity index (χ4n) is 8.39. The Morgan fingerprint density at radius 3 is 1.27 bits per heavy atom. The zero-order valence-electron chi connectivity index (χ0n) is 37.4. The summed E-state index contributed by atoms with van der Waals surface area (Å²) in [5, 5.41) is 16.4. The van der Waals surface area contributed by atoms with Crippen molar-refractivity contribution in [3.8, 4) is 0 Å². The van der Waals surface area contributed by atoms with Crippen molar-refractivity contribution in [1.29, 1.82) is 0 Å². The van der Waals surface area contributed by atoms with Gasteiger partial charge in [0.2, 0.25) is 11.8 Å². The Morgan fingerprint density at radius 1 is 0.627 bits per heavy atom. The predicted molar refractivity (Wildman–Crippen MR) is 272 cm³/mol. The van der Waals surface area contributed by atoms with E-state index in [0.29, 0.717) is 35.1 Å². The van der Waals surface area contributed by atoms with Crippen molar-refractivity contribution >= 4 is 104 Å². The second kappa shape index (κ2) is 21.1. The van der Waals surface area contributed by atoms with Crippen LogP contribution in [-0.4, -0.2) is 62.0 Å². The number of nitrogens with zero attached hydrogens (tertiary/aromatic N) is 4. The average Bonchev–Trinajstić information content (AvgIpc) is 3.99. The van der Waals surface area contributed by atoms with E-state index < -0.39 is 28.9 Å². The molecule has 0 saturated heterocycles. The SMILES string of the molecule is CC(C)C1=C(C(=O)NCC(N)=O)SC2=NC(C)(c3ccc(Cl)cc3)C(c3ccc(Cl)cc3)N21.CC(C)C1=C(C(=O)O)SC2=NC(C)(c3ccc(Cl)cc3)C(c3ccc(Cl)cc3)N21.NCC(N)=O. The lowest BCUT2D eigenvalue weighted by atomic mass is 9.81. The van der Waals surface area contributed by atoms with Crippen molar-refractivity contribution in [2.24, 2.45) is 39.0 Å². The Morgan fingerprint density at radius 2 is 0.955 bits per heavy atom. The highest BCUT2D eigenvalue weighted by molar-refractivity contribution is 8.18. The number of thioether (sulfide) groups is 2. The highest BCUT2D eigenvalue weighted by atomic mass is 35.5. The standard InChI is InChI=1S/C24H24Cl2N4O2S.C22H20Cl2N2O2S.C2H6N2O/c1-13(2)19-20(22(32)28-12-18(27)31)33-23-29-24(3,15-6-10-17(26)11-7-15)21(30(19)23)14-4-8-16(25)9-5-14;1-12(2)17-18(20(27)28)29-21-25-22(3,14-6-10-16(24)11-7-14)19(26(17)21)13-4-8-15(23)9-5-13;3-1-2(4)5/h4-11,13,21H,12H2,1-3H3,(H2,27,31)(H,28,32);4-12,19H,1-3H3,(H,27,28);1,3H2,(H2,4,5). The number of rotatable bonds is 11. The number of carbonyl (C=O) groups excluding carboxylic acids is 3. The van der Waals surface area contributed by atoms with Gasteiger partial charge >= 0.3 is 5.97 Å². The summed E-state index contributed by atoms with van der Waals surface area (Å²) in [7, 11) is 0. The van der Waals surface area contributed by atoms with Gasteiger partial charge in [-0.25, -0.2) is 14.8 Å². The molecular weight excluding hydrogens is 975 g/mol. The van der Waals surface area contributed by atoms with Crippen LogP contribution in [0.1, 0.15) is 75.9 Å². The number of amides is 3. The number of allylic oxidation sites excluding steroid dienone is 2. The van der Waals surface area contributed by atoms with E-state index in [-0.39, 0.29) is 42.9 Å². The van der Waals surface area contributed by atoms with Crippen LogP contribution in [0.4, 0.5) is 0 Å². The molecule has 4 heterocycles. The largest absolute Gasteiger partial charge is 0.477 e. The number of primary amides is 2. The fraction of sp³-hybridized carbons (Fsp3) is 0.292. The quantitative estimate of drug-likeness (QED) is 0.0961. The van der Waals surface area contributed by atoms with Crippen LogP contribution in [0.15, 0.2) is 128 Å². The Labute approximate surface area is 418 Å². The summed E-state index contributed by atoms with van der Waals surface area (Å²) in [5.74, 6) is -2.25. The third-order valence-corrected chi connectivity index (χ3v) is 14.5. The summed E-state index contributed by atoms with van der Waals surface area (Å²) in [6.45, 7) is 12.0. The molecule has 4 aliphatic rings. The second-order valence-electron chi connectivity index (χ2n) is 16.8. The van der Waals surface area contributed by atoms with Gasteiger partial charge in [-0.15, -0.1) is 0 Å². The Kier molecular flexibility index (Phi) is 16.2. The number of nitrogens with two attached hydrogens (primary N) is 3. The lowest BCUT2D eigenvalue weighted by molar-refractivity contribution is -0.132. The van der Waals surface area contributed by atoms with Crippen LogP contribution < -0.4 is 22.5 Å². The van der Waals surface area contributed by atoms with Crippen LogP contribution in [0.5, 0.6) is 0 Å². The minimum Gasteiger partial charge on any atom is -0.477 e. The third-order valence-electron chi connectivity index (χ3n) is 11.4. The van der Waals surface area contributed by atoms with E-state index in [2.05, 4.69) is 34.7 Å². The molecule has 4 atom stereocenters. The van der Waals surface area contributed by atoms with Crippen molar-refractivity contribution in [2.75, 3.05) is 13.1 Å². The third kappa shape index (κ3) is 10.8. The first-order valence-corrected chi connectivity index (χ1v) is 24.2. The van der Waals surface area contributed by atoms with Crippen molar-refractivity contribution in [3.63, 3.8) is 0 Å². The average molecular weight is 1020 g/mol. The van der Waals surface area contributed by atoms with Crippen LogP contribution in [-0.2, 0) is 30.3 Å². The molecule has 8 N–H and O–H groups in total. The molecule has 3 amide bonds. The summed E-state index contributed by atoms with van der Waals surface area (Å²) in [6.07, 6.45) is 0. The van der Waals surface area contributed by atoms with Gasteiger partial charge in [0.15, 0.2) is 10.3 Å². The molecule has 67 heavy (non-hydrogen) atoms. The number of hydrogen-bond acceptors (Lipinski definition) is 11. The molecule has 0 fully saturated rings. The van der Waals surface area contributed by atoms with Gasteiger partial charge in [-0.2, -0.15) is 0 Å². The van der Waals surface area contributed by atoms with Crippen molar-refractivity contribution in [3.05, 3.63) is 161 Å². The number of carboxylic acids is 1. The van der Waals surface area contributed by atoms with Gasteiger partial charge in [0.05, 0.1) is 30.1 Å². The molecule has 4 aromatic carbocycles. The number of carboxylic acid groups (broad SMARTS) is 1. The van der Waals surface area contributed by atoms with Gasteiger partial charge in [0.1, 0.15) is 16.0 Å². The lowest BCUT2D eigenvalue weighted by Gasteiger charge is -2.37. The Hall–Kier alpha value is -5.00. The zero-order chi connectivity index (χ0) is 49.1. The first-order chi connectivity index (χ1) is 31.6. The fourth-order valence-corrected chi connectivity index (χ4v) is 11.5. The second-order valence-corrected chi connectivity index (χ2v) is 20.5. The van der Waals surface area contributed by atoms with E-state index in [1.807, 2.05) is 125 Å². The molecule has 4 unspecified atom stereocenters. The van der Waals surface area contributed by atoms with Crippen LogP contribution in [0, 0.1) is 11.8 Å². The summed E-state index contributed by atoms with van der Waals surface area (Å²) in [4.78, 5) is 60.8. The van der Waals surface area contributed by atoms with Crippen molar-refractivity contribution in [1.82, 2.24) is 15.1 Å². The minimum atomic E-state index is -0.918. The first-order valence-electron chi connectivity index (χ1n) is 21.0. The van der Waals surface area contributed by atoms with E-state index in [1.165, 1.54) is 23.5 Å². The lowest BCUT2D eigenvalue weighted by Crippen LogP contribution is -2.37. The summed E-state index contributed by atoms with van der Waals surface area (Å²) >= 11 is 27.1. The van der Waals surface area contributed by atoms with Gasteiger partial charge in [0, 0.05) is 31.5 Å². The number of benzene rings is 4. The molecule has 4 aromatic rings. The van der Waals surface area contributed by atoms with Gasteiger partial charge < -0.3 is 37.4 Å². The number of aliphatic carboxylic acids is 1. The topological polar surface area (TPSA) is 210 Å². The Balaban J connectivity index is 0.000000202. The van der Waals surface area contributed by atoms with E-state index in [4.69, 9.17) is 67.9 Å². The summed E-state index contributed by atoms with van der Waals surface area (Å²) in [5.41, 5.74) is 18.9. The zero-order valence-corrected chi connectivity index (χ0v) is 42.0. The highest BCUT2D eigenvalue weighted by Gasteiger charge is 2.54. The molecule has 0 spiro atoms. The number of fused-ring (bicyclic) bond motifs is 2. The molecule has 19 heteroatoms. The number of halogens is 4. The summed E-state index contributed by atoms with van der Waals surface area (Å²) in [6, 6.07) is 30.4. The maximum absolute atomic E-state index is 12.9. The van der Waals surface area contributed by atoms with Crippen molar-refractivity contribution < 1.29 is 24.3 Å². The van der Waals surface area contributed by atoms with Crippen molar-refractivity contribution in [2.45, 2.75) is 64.7 Å². The molecule has 0 aliphatic carbocycles. The van der Waals surface area contributed by atoms with Crippen LogP contribution in [0.3, 0.4) is 0 Å². The molecule has 4 aliphatic heterocycles. The predicted octanol–water partition coefficient (Wildman–Crippen LogP) is 9.59.